The second kappa shape index (κ2) is 7.89. The first-order valence-electron chi connectivity index (χ1n) is 10.3. The van der Waals surface area contributed by atoms with Crippen molar-refractivity contribution in [3.8, 4) is 17.0 Å². The van der Waals surface area contributed by atoms with Gasteiger partial charge in [0, 0.05) is 40.9 Å². The van der Waals surface area contributed by atoms with Crippen molar-refractivity contribution in [2.75, 3.05) is 31.6 Å². The lowest BCUT2D eigenvalue weighted by Crippen LogP contribution is -2.47. The number of thiophene rings is 1. The summed E-state index contributed by atoms with van der Waals surface area (Å²) in [7, 11) is 0. The Balaban J connectivity index is 1.33. The van der Waals surface area contributed by atoms with E-state index in [1.54, 1.807) is 11.3 Å². The molecule has 7 heteroatoms. The molecule has 2 aliphatic rings. The molecule has 2 saturated heterocycles. The second-order valence-electron chi connectivity index (χ2n) is 8.05. The summed E-state index contributed by atoms with van der Waals surface area (Å²) in [6, 6.07) is 8.88. The lowest BCUT2D eigenvalue weighted by Gasteiger charge is -2.36. The van der Waals surface area contributed by atoms with Crippen LogP contribution in [0.5, 0.6) is 5.75 Å². The van der Waals surface area contributed by atoms with Crippen molar-refractivity contribution < 1.29 is 9.84 Å². The number of piperidine rings is 1. The highest BCUT2D eigenvalue weighted by Crippen LogP contribution is 2.38. The average Bonchev–Trinajstić information content (AvgIpc) is 3.42. The van der Waals surface area contributed by atoms with Gasteiger partial charge in [0.2, 0.25) is 0 Å². The average molecular weight is 411 g/mol. The summed E-state index contributed by atoms with van der Waals surface area (Å²) < 4.78 is 6.64. The smallest absolute Gasteiger partial charge is 0.149 e. The predicted octanol–water partition coefficient (Wildman–Crippen LogP) is 4.04. The van der Waals surface area contributed by atoms with E-state index in [9.17, 15) is 5.11 Å². The van der Waals surface area contributed by atoms with E-state index >= 15 is 0 Å². The maximum atomic E-state index is 10.7. The van der Waals surface area contributed by atoms with Crippen LogP contribution < -0.4 is 5.32 Å². The van der Waals surface area contributed by atoms with E-state index in [-0.39, 0.29) is 5.75 Å². The molecule has 0 spiro atoms. The van der Waals surface area contributed by atoms with E-state index < -0.39 is 0 Å². The lowest BCUT2D eigenvalue weighted by molar-refractivity contribution is 0.123. The number of hydrogen-bond donors (Lipinski definition) is 2. The van der Waals surface area contributed by atoms with Gasteiger partial charge < -0.3 is 15.2 Å². The maximum absolute atomic E-state index is 10.7. The fourth-order valence-electron chi connectivity index (χ4n) is 4.52. The molecule has 2 fully saturated rings. The minimum Gasteiger partial charge on any atom is -0.507 e. The zero-order chi connectivity index (χ0) is 19.8. The summed E-state index contributed by atoms with van der Waals surface area (Å²) in [6.07, 6.45) is 3.47. The maximum Gasteiger partial charge on any atom is 0.149 e. The van der Waals surface area contributed by atoms with Gasteiger partial charge >= 0.3 is 0 Å². The zero-order valence-corrected chi connectivity index (χ0v) is 17.4. The molecule has 0 bridgehead atoms. The van der Waals surface area contributed by atoms with Crippen molar-refractivity contribution in [3.63, 3.8) is 0 Å². The molecule has 6 nitrogen and oxygen atoms in total. The molecule has 2 aromatic heterocycles. The normalized spacial score (nSPS) is 22.9. The molecule has 2 aliphatic heterocycles. The number of anilines is 1. The molecule has 29 heavy (non-hydrogen) atoms. The third kappa shape index (κ3) is 3.70. The summed E-state index contributed by atoms with van der Waals surface area (Å²) in [5.41, 5.74) is 2.47. The molecule has 0 aliphatic carbocycles. The fourth-order valence-corrected chi connectivity index (χ4v) is 5.31. The molecule has 2 atom stereocenters. The number of nitrogens with one attached hydrogen (secondary N) is 1. The largest absolute Gasteiger partial charge is 0.507 e. The quantitative estimate of drug-likeness (QED) is 0.677. The third-order valence-corrected chi connectivity index (χ3v) is 6.96. The predicted molar refractivity (Wildman–Crippen MR) is 117 cm³/mol. The Morgan fingerprint density at radius 2 is 2.17 bits per heavy atom. The summed E-state index contributed by atoms with van der Waals surface area (Å²) in [4.78, 5) is 2.55. The molecule has 5 rings (SSSR count). The fraction of sp³-hybridized carbons (Fsp3) is 0.455. The van der Waals surface area contributed by atoms with Crippen molar-refractivity contribution in [2.45, 2.75) is 38.3 Å². The van der Waals surface area contributed by atoms with Crippen LogP contribution in [0.3, 0.4) is 0 Å². The second-order valence-corrected chi connectivity index (χ2v) is 9.00. The Morgan fingerprint density at radius 1 is 1.24 bits per heavy atom. The first-order chi connectivity index (χ1) is 14.2. The van der Waals surface area contributed by atoms with Crippen LogP contribution in [0.25, 0.3) is 21.3 Å². The number of likely N-dealkylation sites (tertiary alicyclic amines) is 1. The van der Waals surface area contributed by atoms with Crippen molar-refractivity contribution in [2.24, 2.45) is 0 Å². The van der Waals surface area contributed by atoms with Crippen LogP contribution in [-0.4, -0.2) is 58.6 Å². The number of benzene rings is 1. The molecular formula is C22H26N4O2S. The minimum atomic E-state index is 0.281. The Bertz CT molecular complexity index is 1020. The van der Waals surface area contributed by atoms with Gasteiger partial charge in [0.25, 0.3) is 0 Å². The Morgan fingerprint density at radius 3 is 3.00 bits per heavy atom. The number of aromatic hydroxyl groups is 1. The molecule has 4 heterocycles. The minimum absolute atomic E-state index is 0.281. The van der Waals surface area contributed by atoms with Crippen LogP contribution in [0.4, 0.5) is 5.82 Å². The van der Waals surface area contributed by atoms with E-state index in [4.69, 9.17) is 4.74 Å². The molecule has 1 aromatic carbocycles. The summed E-state index contributed by atoms with van der Waals surface area (Å²) in [5, 5.41) is 26.0. The van der Waals surface area contributed by atoms with Crippen LogP contribution in [0.1, 0.15) is 24.8 Å². The topological polar surface area (TPSA) is 70.5 Å². The highest BCUT2D eigenvalue weighted by molar-refractivity contribution is 7.17. The highest BCUT2D eigenvalue weighted by Gasteiger charge is 2.28. The Labute approximate surface area is 174 Å². The van der Waals surface area contributed by atoms with Crippen LogP contribution >= 0.6 is 11.3 Å². The number of aryl methyl sites for hydroxylation is 1. The van der Waals surface area contributed by atoms with E-state index in [0.29, 0.717) is 12.1 Å². The number of aromatic nitrogens is 2. The number of nitrogens with zero attached hydrogens (tertiary/aromatic N) is 3. The van der Waals surface area contributed by atoms with Gasteiger partial charge in [-0.2, -0.15) is 0 Å². The number of ether oxygens (including phenoxy) is 1. The van der Waals surface area contributed by atoms with E-state index in [1.807, 2.05) is 36.6 Å². The summed E-state index contributed by atoms with van der Waals surface area (Å²) in [6.45, 7) is 5.94. The van der Waals surface area contributed by atoms with Gasteiger partial charge in [0.15, 0.2) is 0 Å². The van der Waals surface area contributed by atoms with Gasteiger partial charge in [-0.05, 0) is 67.9 Å². The van der Waals surface area contributed by atoms with Crippen LogP contribution in [0.15, 0.2) is 29.6 Å². The van der Waals surface area contributed by atoms with Crippen molar-refractivity contribution in [3.05, 3.63) is 35.2 Å². The standard InChI is InChI=1S/C22H26N4O2S/c1-14-11-20(23-15-3-2-8-26(12-15)16-6-9-28-13-16)24-25-21(14)18-4-5-19-17(22(18)27)7-10-29-19/h4-5,7,10-11,15-16,27H,2-3,6,8-9,12-13H2,1H3,(H,23,24)/t15-,16?/m0/s1. The van der Waals surface area contributed by atoms with Gasteiger partial charge in [0.1, 0.15) is 11.6 Å². The molecule has 0 amide bonds. The highest BCUT2D eigenvalue weighted by atomic mass is 32.1. The SMILES string of the molecule is Cc1cc(N[C@H]2CCCN(C3CCOC3)C2)nnc1-c1ccc2sccc2c1O. The molecule has 152 valence electrons. The van der Waals surface area contributed by atoms with Gasteiger partial charge in [-0.3, -0.25) is 4.90 Å². The zero-order valence-electron chi connectivity index (χ0n) is 16.6. The first kappa shape index (κ1) is 18.8. The number of fused-ring (bicyclic) bond motifs is 1. The van der Waals surface area contributed by atoms with E-state index in [0.717, 1.165) is 71.9 Å². The molecule has 2 N–H and O–H groups in total. The van der Waals surface area contributed by atoms with Crippen LogP contribution in [-0.2, 0) is 4.74 Å². The molecule has 0 radical (unpaired) electrons. The van der Waals surface area contributed by atoms with Gasteiger partial charge in [-0.1, -0.05) is 0 Å². The number of phenols is 1. The Kier molecular flexibility index (Phi) is 5.11. The van der Waals surface area contributed by atoms with Gasteiger partial charge in [-0.25, -0.2) is 0 Å². The van der Waals surface area contributed by atoms with Gasteiger partial charge in [0.05, 0.1) is 12.3 Å². The van der Waals surface area contributed by atoms with E-state index in [2.05, 4.69) is 20.4 Å². The molecule has 3 aromatic rings. The Hall–Kier alpha value is -2.22. The van der Waals surface area contributed by atoms with Crippen LogP contribution in [0, 0.1) is 6.92 Å². The number of phenolic OH excluding ortho intramolecular Hbond substituents is 1. The van der Waals surface area contributed by atoms with Crippen molar-refractivity contribution in [1.29, 1.82) is 0 Å². The number of rotatable bonds is 4. The summed E-state index contributed by atoms with van der Waals surface area (Å²) in [5.74, 6) is 1.08. The van der Waals surface area contributed by atoms with E-state index in [1.165, 1.54) is 6.42 Å². The molecule has 0 saturated carbocycles. The third-order valence-electron chi connectivity index (χ3n) is 6.07. The number of hydrogen-bond acceptors (Lipinski definition) is 7. The monoisotopic (exact) mass is 410 g/mol. The molecule has 1 unspecified atom stereocenters. The van der Waals surface area contributed by atoms with Gasteiger partial charge in [-0.15, -0.1) is 21.5 Å². The van der Waals surface area contributed by atoms with Crippen LogP contribution in [0.2, 0.25) is 0 Å². The first-order valence-corrected chi connectivity index (χ1v) is 11.2. The van der Waals surface area contributed by atoms with Crippen molar-refractivity contribution in [1.82, 2.24) is 15.1 Å². The molecular weight excluding hydrogens is 384 g/mol. The summed E-state index contributed by atoms with van der Waals surface area (Å²) >= 11 is 1.62. The lowest BCUT2D eigenvalue weighted by atomic mass is 10.0. The van der Waals surface area contributed by atoms with Crippen molar-refractivity contribution >= 4 is 27.2 Å².